The lowest BCUT2D eigenvalue weighted by Gasteiger charge is -2.33. The first-order chi connectivity index (χ1) is 21.6. The van der Waals surface area contributed by atoms with Crippen LogP contribution in [0.15, 0.2) is 67.4 Å². The Morgan fingerprint density at radius 2 is 2.00 bits per heavy atom. The van der Waals surface area contributed by atoms with Crippen LogP contribution >= 0.6 is 0 Å². The van der Waals surface area contributed by atoms with Crippen LogP contribution in [0.3, 0.4) is 0 Å². The molecule has 6 rings (SSSR count). The molecule has 45 heavy (non-hydrogen) atoms. The zero-order chi connectivity index (χ0) is 31.9. The van der Waals surface area contributed by atoms with Crippen LogP contribution in [0.1, 0.15) is 36.1 Å². The molecule has 1 spiro atoms. The molecular formula is C33H42N6O5Si. The van der Waals surface area contributed by atoms with E-state index < -0.39 is 20.0 Å². The molecule has 1 aromatic heterocycles. The first kappa shape index (κ1) is 31.3. The fraction of sp³-hybridized carbons (Fsp3) is 0.455. The molecule has 2 saturated heterocycles. The predicted molar refractivity (Wildman–Crippen MR) is 173 cm³/mol. The van der Waals surface area contributed by atoms with Crippen molar-refractivity contribution >= 4 is 31.5 Å². The van der Waals surface area contributed by atoms with Crippen molar-refractivity contribution in [3.05, 3.63) is 84.2 Å². The lowest BCUT2D eigenvalue weighted by atomic mass is 9.82. The molecule has 5 atom stereocenters. The van der Waals surface area contributed by atoms with E-state index in [9.17, 15) is 19.5 Å². The van der Waals surface area contributed by atoms with Crippen LogP contribution in [0.25, 0.3) is 0 Å². The van der Waals surface area contributed by atoms with Gasteiger partial charge < -0.3 is 29.8 Å². The molecule has 0 bridgehead atoms. The summed E-state index contributed by atoms with van der Waals surface area (Å²) in [4.78, 5) is 42.3. The molecule has 0 saturated carbocycles. The highest BCUT2D eigenvalue weighted by Gasteiger charge is 2.66. The summed E-state index contributed by atoms with van der Waals surface area (Å²) in [7, 11) is -2.86. The number of fused-ring (bicyclic) bond motifs is 2. The maximum absolute atomic E-state index is 14.4. The number of piperazine rings is 1. The van der Waals surface area contributed by atoms with Gasteiger partial charge in [0.25, 0.3) is 5.91 Å². The Hall–Kier alpha value is -3.68. The second-order valence-corrected chi connectivity index (χ2v) is 16.8. The molecule has 0 radical (unpaired) electrons. The third-order valence-corrected chi connectivity index (χ3v) is 12.1. The molecule has 3 aliphatic rings. The number of ether oxygens (including phenoxy) is 1. The number of anilines is 2. The normalized spacial score (nSPS) is 25.7. The van der Waals surface area contributed by atoms with Crippen LogP contribution in [0.2, 0.25) is 18.6 Å². The first-order valence-electron chi connectivity index (χ1n) is 15.6. The predicted octanol–water partition coefficient (Wildman–Crippen LogP) is 2.76. The lowest BCUT2D eigenvalue weighted by Crippen LogP contribution is -2.48. The zero-order valence-corrected chi connectivity index (χ0v) is 27.1. The Bertz CT molecular complexity index is 1570. The van der Waals surface area contributed by atoms with Crippen LogP contribution in [-0.4, -0.2) is 83.9 Å². The van der Waals surface area contributed by atoms with E-state index in [0.29, 0.717) is 38.3 Å². The molecule has 3 aromatic rings. The minimum atomic E-state index is -2.86. The molecule has 238 valence electrons. The van der Waals surface area contributed by atoms with Crippen molar-refractivity contribution in [1.29, 1.82) is 0 Å². The number of carbonyl (C=O) groups excluding carboxylic acids is 2. The van der Waals surface area contributed by atoms with Crippen LogP contribution in [0.5, 0.6) is 0 Å². The van der Waals surface area contributed by atoms with Gasteiger partial charge in [0.15, 0.2) is 13.9 Å². The van der Waals surface area contributed by atoms with Gasteiger partial charge in [-0.15, -0.1) is 11.7 Å². The fourth-order valence-electron chi connectivity index (χ4n) is 7.59. The van der Waals surface area contributed by atoms with Crippen molar-refractivity contribution in [1.82, 2.24) is 20.3 Å². The van der Waals surface area contributed by atoms with Crippen molar-refractivity contribution in [2.75, 3.05) is 42.6 Å². The first-order valence-corrected chi connectivity index (χ1v) is 18.7. The molecular weight excluding hydrogens is 588 g/mol. The van der Waals surface area contributed by atoms with Crippen LogP contribution in [-0.2, 0) is 26.5 Å². The largest absolute Gasteiger partial charge is 0.432 e. The van der Waals surface area contributed by atoms with Gasteiger partial charge >= 0.3 is 0 Å². The molecule has 2 aromatic carbocycles. The molecule has 2 amide bonds. The van der Waals surface area contributed by atoms with Gasteiger partial charge in [0, 0.05) is 55.1 Å². The van der Waals surface area contributed by atoms with Crippen molar-refractivity contribution in [2.24, 2.45) is 5.92 Å². The van der Waals surface area contributed by atoms with Crippen molar-refractivity contribution < 1.29 is 24.2 Å². The number of nitrogens with one attached hydrogen (secondary N) is 1. The minimum absolute atomic E-state index is 0.0227. The van der Waals surface area contributed by atoms with E-state index in [-0.39, 0.29) is 42.3 Å². The smallest absolute Gasteiger partial charge is 0.264 e. The van der Waals surface area contributed by atoms with E-state index in [1.807, 2.05) is 74.7 Å². The number of aliphatic hydroxyl groups excluding tert-OH is 1. The van der Waals surface area contributed by atoms with Gasteiger partial charge in [0.2, 0.25) is 5.91 Å². The van der Waals surface area contributed by atoms with Gasteiger partial charge in [-0.05, 0) is 43.3 Å². The molecule has 1 unspecified atom stereocenters. The summed E-state index contributed by atoms with van der Waals surface area (Å²) in [5, 5.41) is 21.9. The molecule has 12 heteroatoms. The van der Waals surface area contributed by atoms with Crippen molar-refractivity contribution in [3.63, 3.8) is 0 Å². The Kier molecular flexibility index (Phi) is 8.52. The van der Waals surface area contributed by atoms with Gasteiger partial charge in [0.1, 0.15) is 0 Å². The summed E-state index contributed by atoms with van der Waals surface area (Å²) in [6.07, 6.45) is 3.63. The number of nitrogens with zero attached hydrogens (tertiary/aromatic N) is 5. The van der Waals surface area contributed by atoms with Gasteiger partial charge in [-0.25, -0.2) is 0 Å². The van der Waals surface area contributed by atoms with Crippen molar-refractivity contribution in [3.8, 4) is 0 Å². The summed E-state index contributed by atoms with van der Waals surface area (Å²) in [5.41, 5.74) is 2.27. The number of benzene rings is 2. The second kappa shape index (κ2) is 12.3. The highest BCUT2D eigenvalue weighted by molar-refractivity contribution is 6.71. The SMILES string of the molecule is C=CCN1C(=O)[C@]2(O[C@H](CCn3cc(C(CO)c4ccccc4)nn3)[C@@H]([Si](C)(C)O)[C@@H]2C)c2cc(N3CCNCC3=O)ccc21. The van der Waals surface area contributed by atoms with E-state index in [0.717, 1.165) is 22.5 Å². The lowest BCUT2D eigenvalue weighted by molar-refractivity contribution is -0.145. The van der Waals surface area contributed by atoms with E-state index in [1.54, 1.807) is 20.6 Å². The average Bonchev–Trinajstić information content (AvgIpc) is 3.68. The number of hydrogen-bond acceptors (Lipinski definition) is 8. The van der Waals surface area contributed by atoms with Crippen molar-refractivity contribution in [2.45, 2.75) is 56.1 Å². The van der Waals surface area contributed by atoms with Gasteiger partial charge in [0.05, 0.1) is 36.6 Å². The molecule has 2 fully saturated rings. The fourth-order valence-corrected chi connectivity index (χ4v) is 10.2. The van der Waals surface area contributed by atoms with E-state index in [1.165, 1.54) is 0 Å². The standard InChI is InChI=1S/C33H42N6O5Si/c1-5-15-39-28-12-11-24(38-17-14-34-19-30(38)41)18-26(28)33(32(39)42)22(2)31(45(3,4)43)29(44-33)13-16-37-20-27(35-36-37)25(21-40)23-9-7-6-8-10-23/h5-12,18,20,22,25,29,31,34,40,43H,1,13-17,19,21H2,2-4H3/t22-,25?,29+,31-,33+/m0/s1. The summed E-state index contributed by atoms with van der Waals surface area (Å²) in [5.74, 6) is -0.809. The Morgan fingerprint density at radius 3 is 2.69 bits per heavy atom. The number of aryl methyl sites for hydroxylation is 1. The number of aliphatic hydroxyl groups is 1. The maximum atomic E-state index is 14.4. The van der Waals surface area contributed by atoms with E-state index >= 15 is 0 Å². The highest BCUT2D eigenvalue weighted by atomic mass is 28.4. The van der Waals surface area contributed by atoms with Gasteiger partial charge in [-0.2, -0.15) is 0 Å². The Labute approximate surface area is 264 Å². The quantitative estimate of drug-likeness (QED) is 0.230. The molecule has 4 heterocycles. The maximum Gasteiger partial charge on any atom is 0.264 e. The highest BCUT2D eigenvalue weighted by Crippen LogP contribution is 2.60. The molecule has 11 nitrogen and oxygen atoms in total. The average molecular weight is 631 g/mol. The van der Waals surface area contributed by atoms with Crippen LogP contribution < -0.4 is 15.1 Å². The number of rotatable bonds is 10. The number of aromatic nitrogens is 3. The summed E-state index contributed by atoms with van der Waals surface area (Å²) >= 11 is 0. The topological polar surface area (TPSA) is 133 Å². The zero-order valence-electron chi connectivity index (χ0n) is 26.1. The van der Waals surface area contributed by atoms with Gasteiger partial charge in [-0.1, -0.05) is 48.5 Å². The third kappa shape index (κ3) is 5.44. The number of amides is 2. The summed E-state index contributed by atoms with van der Waals surface area (Å²) in [6, 6.07) is 15.4. The van der Waals surface area contributed by atoms with E-state index in [4.69, 9.17) is 4.74 Å². The van der Waals surface area contributed by atoms with Gasteiger partial charge in [-0.3, -0.25) is 14.3 Å². The Balaban J connectivity index is 1.32. The molecule has 3 N–H and O–H groups in total. The van der Waals surface area contributed by atoms with E-state index in [2.05, 4.69) is 22.2 Å². The van der Waals surface area contributed by atoms with Crippen LogP contribution in [0, 0.1) is 5.92 Å². The third-order valence-electron chi connectivity index (χ3n) is 9.62. The second-order valence-electron chi connectivity index (χ2n) is 12.8. The summed E-state index contributed by atoms with van der Waals surface area (Å²) in [6.45, 7) is 11.9. The number of carbonyl (C=O) groups is 2. The molecule has 0 aliphatic carbocycles. The van der Waals surface area contributed by atoms with Crippen LogP contribution in [0.4, 0.5) is 11.4 Å². The summed E-state index contributed by atoms with van der Waals surface area (Å²) < 4.78 is 8.69. The molecule has 3 aliphatic heterocycles. The monoisotopic (exact) mass is 630 g/mol. The Morgan fingerprint density at radius 1 is 1.22 bits per heavy atom. The minimum Gasteiger partial charge on any atom is -0.432 e. The number of hydrogen-bond donors (Lipinski definition) is 3.